The zero-order chi connectivity index (χ0) is 15.2. The van der Waals surface area contributed by atoms with Crippen LogP contribution in [0.2, 0.25) is 0 Å². The predicted molar refractivity (Wildman–Crippen MR) is 91.5 cm³/mol. The number of para-hydroxylation sites is 2. The third-order valence-corrected chi connectivity index (χ3v) is 4.19. The molecule has 0 atom stereocenters. The van der Waals surface area contributed by atoms with E-state index in [-0.39, 0.29) is 5.91 Å². The molecule has 1 aliphatic rings. The lowest BCUT2D eigenvalue weighted by Gasteiger charge is -2.30. The molecule has 22 heavy (non-hydrogen) atoms. The lowest BCUT2D eigenvalue weighted by Crippen LogP contribution is -2.36. The van der Waals surface area contributed by atoms with E-state index >= 15 is 0 Å². The Morgan fingerprint density at radius 1 is 1.23 bits per heavy atom. The molecule has 1 aromatic carbocycles. The number of amides is 1. The highest BCUT2D eigenvalue weighted by molar-refractivity contribution is 7.08. The number of hydrogen-bond acceptors (Lipinski definition) is 4. The van der Waals surface area contributed by atoms with Crippen LogP contribution in [0.1, 0.15) is 5.56 Å². The first-order chi connectivity index (χ1) is 10.8. The first kappa shape index (κ1) is 14.8. The SMILES string of the molecule is O=C(C=Cc1ccsc1)Nc1ccccc1N1CCOCC1. The molecule has 2 aromatic rings. The van der Waals surface area contributed by atoms with Crippen LogP contribution in [-0.2, 0) is 9.53 Å². The van der Waals surface area contributed by atoms with E-state index < -0.39 is 0 Å². The summed E-state index contributed by atoms with van der Waals surface area (Å²) in [4.78, 5) is 14.3. The van der Waals surface area contributed by atoms with E-state index in [1.54, 1.807) is 17.4 Å². The molecule has 1 N–H and O–H groups in total. The van der Waals surface area contributed by atoms with Gasteiger partial charge >= 0.3 is 0 Å². The summed E-state index contributed by atoms with van der Waals surface area (Å²) < 4.78 is 5.38. The standard InChI is InChI=1S/C17H18N2O2S/c20-17(6-5-14-7-12-22-13-14)18-15-3-1-2-4-16(15)19-8-10-21-11-9-19/h1-7,12-13H,8-11H2,(H,18,20). The van der Waals surface area contributed by atoms with E-state index in [9.17, 15) is 4.79 Å². The van der Waals surface area contributed by atoms with Crippen LogP contribution in [-0.4, -0.2) is 32.2 Å². The molecule has 3 rings (SSSR count). The zero-order valence-corrected chi connectivity index (χ0v) is 13.0. The van der Waals surface area contributed by atoms with Gasteiger partial charge in [0, 0.05) is 19.2 Å². The summed E-state index contributed by atoms with van der Waals surface area (Å²) in [6.07, 6.45) is 3.39. The van der Waals surface area contributed by atoms with Crippen LogP contribution in [0.3, 0.4) is 0 Å². The molecule has 1 saturated heterocycles. The van der Waals surface area contributed by atoms with E-state index in [2.05, 4.69) is 10.2 Å². The normalized spacial score (nSPS) is 15.2. The van der Waals surface area contributed by atoms with Crippen molar-refractivity contribution in [2.75, 3.05) is 36.5 Å². The summed E-state index contributed by atoms with van der Waals surface area (Å²) in [6.45, 7) is 3.13. The Hall–Kier alpha value is -2.11. The number of nitrogens with one attached hydrogen (secondary N) is 1. The lowest BCUT2D eigenvalue weighted by atomic mass is 10.2. The Balaban J connectivity index is 1.70. The minimum Gasteiger partial charge on any atom is -0.378 e. The Bertz CT molecular complexity index is 646. The van der Waals surface area contributed by atoms with Crippen molar-refractivity contribution in [1.82, 2.24) is 0 Å². The largest absolute Gasteiger partial charge is 0.378 e. The number of carbonyl (C=O) groups excluding carboxylic acids is 1. The average Bonchev–Trinajstić information content (AvgIpc) is 3.08. The van der Waals surface area contributed by atoms with Crippen LogP contribution in [0.15, 0.2) is 47.2 Å². The Morgan fingerprint density at radius 3 is 2.82 bits per heavy atom. The summed E-state index contributed by atoms with van der Waals surface area (Å²) in [5.74, 6) is -0.119. The molecular formula is C17H18N2O2S. The highest BCUT2D eigenvalue weighted by Crippen LogP contribution is 2.26. The Labute approximate surface area is 134 Å². The van der Waals surface area contributed by atoms with Crippen molar-refractivity contribution in [3.8, 4) is 0 Å². The predicted octanol–water partition coefficient (Wildman–Crippen LogP) is 3.24. The number of thiophene rings is 1. The van der Waals surface area contributed by atoms with Crippen LogP contribution in [0.4, 0.5) is 11.4 Å². The summed E-state index contributed by atoms with van der Waals surface area (Å²) in [6, 6.07) is 9.87. The number of benzene rings is 1. The smallest absolute Gasteiger partial charge is 0.248 e. The number of morpholine rings is 1. The highest BCUT2D eigenvalue weighted by atomic mass is 32.1. The van der Waals surface area contributed by atoms with Crippen LogP contribution in [0.25, 0.3) is 6.08 Å². The maximum Gasteiger partial charge on any atom is 0.248 e. The van der Waals surface area contributed by atoms with Gasteiger partial charge in [0.2, 0.25) is 5.91 Å². The van der Waals surface area contributed by atoms with E-state index in [1.165, 1.54) is 0 Å². The minimum atomic E-state index is -0.119. The topological polar surface area (TPSA) is 41.6 Å². The van der Waals surface area contributed by atoms with Gasteiger partial charge in [-0.2, -0.15) is 11.3 Å². The molecule has 4 nitrogen and oxygen atoms in total. The second kappa shape index (κ2) is 7.24. The van der Waals surface area contributed by atoms with Gasteiger partial charge in [-0.1, -0.05) is 12.1 Å². The lowest BCUT2D eigenvalue weighted by molar-refractivity contribution is -0.111. The molecule has 1 amide bonds. The highest BCUT2D eigenvalue weighted by Gasteiger charge is 2.14. The maximum atomic E-state index is 12.1. The summed E-state index contributed by atoms with van der Waals surface area (Å²) in [5.41, 5.74) is 2.93. The van der Waals surface area contributed by atoms with Gasteiger partial charge in [-0.15, -0.1) is 0 Å². The van der Waals surface area contributed by atoms with Gasteiger partial charge in [0.15, 0.2) is 0 Å². The van der Waals surface area contributed by atoms with Crippen LogP contribution in [0, 0.1) is 0 Å². The molecular weight excluding hydrogens is 296 g/mol. The summed E-state index contributed by atoms with van der Waals surface area (Å²) >= 11 is 1.62. The number of ether oxygens (including phenoxy) is 1. The number of anilines is 2. The van der Waals surface area contributed by atoms with Gasteiger partial charge in [-0.25, -0.2) is 0 Å². The second-order valence-corrected chi connectivity index (χ2v) is 5.78. The van der Waals surface area contributed by atoms with Crippen molar-refractivity contribution >= 4 is 34.7 Å². The molecule has 1 fully saturated rings. The molecule has 114 valence electrons. The Kier molecular flexibility index (Phi) is 4.88. The maximum absolute atomic E-state index is 12.1. The quantitative estimate of drug-likeness (QED) is 0.881. The monoisotopic (exact) mass is 314 g/mol. The van der Waals surface area contributed by atoms with Crippen molar-refractivity contribution in [2.24, 2.45) is 0 Å². The van der Waals surface area contributed by atoms with Crippen LogP contribution in [0.5, 0.6) is 0 Å². The van der Waals surface area contributed by atoms with Gasteiger partial charge in [0.25, 0.3) is 0 Å². The second-order valence-electron chi connectivity index (χ2n) is 5.00. The van der Waals surface area contributed by atoms with E-state index in [0.29, 0.717) is 0 Å². The van der Waals surface area contributed by atoms with Crippen molar-refractivity contribution in [2.45, 2.75) is 0 Å². The first-order valence-electron chi connectivity index (χ1n) is 7.26. The number of rotatable bonds is 4. The van der Waals surface area contributed by atoms with Crippen molar-refractivity contribution < 1.29 is 9.53 Å². The fraction of sp³-hybridized carbons (Fsp3) is 0.235. The van der Waals surface area contributed by atoms with Crippen LogP contribution >= 0.6 is 11.3 Å². The number of carbonyl (C=O) groups is 1. The molecule has 0 aliphatic carbocycles. The summed E-state index contributed by atoms with van der Waals surface area (Å²) in [7, 11) is 0. The van der Waals surface area contributed by atoms with E-state index in [4.69, 9.17) is 4.74 Å². The molecule has 0 saturated carbocycles. The molecule has 2 heterocycles. The van der Waals surface area contributed by atoms with E-state index in [1.807, 2.05) is 47.2 Å². The van der Waals surface area contributed by atoms with Gasteiger partial charge in [-0.05, 0) is 40.6 Å². The van der Waals surface area contributed by atoms with Crippen molar-refractivity contribution in [1.29, 1.82) is 0 Å². The Morgan fingerprint density at radius 2 is 2.05 bits per heavy atom. The van der Waals surface area contributed by atoms with Gasteiger partial charge < -0.3 is 15.0 Å². The fourth-order valence-electron chi connectivity index (χ4n) is 2.38. The average molecular weight is 314 g/mol. The third-order valence-electron chi connectivity index (χ3n) is 3.48. The molecule has 1 aliphatic heterocycles. The molecule has 0 bridgehead atoms. The molecule has 0 spiro atoms. The minimum absolute atomic E-state index is 0.119. The fourth-order valence-corrected chi connectivity index (χ4v) is 3.00. The number of nitrogens with zero attached hydrogens (tertiary/aromatic N) is 1. The molecule has 1 aromatic heterocycles. The summed E-state index contributed by atoms with van der Waals surface area (Å²) in [5, 5.41) is 6.96. The van der Waals surface area contributed by atoms with Crippen LogP contribution < -0.4 is 10.2 Å². The molecule has 0 unspecified atom stereocenters. The zero-order valence-electron chi connectivity index (χ0n) is 12.2. The van der Waals surface area contributed by atoms with Gasteiger partial charge in [-0.3, -0.25) is 4.79 Å². The molecule has 0 radical (unpaired) electrons. The van der Waals surface area contributed by atoms with Gasteiger partial charge in [0.1, 0.15) is 0 Å². The molecule has 5 heteroatoms. The van der Waals surface area contributed by atoms with Crippen molar-refractivity contribution in [3.63, 3.8) is 0 Å². The van der Waals surface area contributed by atoms with E-state index in [0.717, 1.165) is 43.2 Å². The number of hydrogen-bond donors (Lipinski definition) is 1. The van der Waals surface area contributed by atoms with Crippen molar-refractivity contribution in [3.05, 3.63) is 52.7 Å². The van der Waals surface area contributed by atoms with Gasteiger partial charge in [0.05, 0.1) is 24.6 Å². The third kappa shape index (κ3) is 3.75. The first-order valence-corrected chi connectivity index (χ1v) is 8.20.